The molecule has 20 heavy (non-hydrogen) atoms. The highest BCUT2D eigenvalue weighted by atomic mass is 16.4. The third-order valence-electron chi connectivity index (χ3n) is 2.64. The molecule has 7 heteroatoms. The van der Waals surface area contributed by atoms with Crippen molar-refractivity contribution >= 4 is 17.8 Å². The van der Waals surface area contributed by atoms with Gasteiger partial charge in [0, 0.05) is 13.0 Å². The van der Waals surface area contributed by atoms with E-state index in [-0.39, 0.29) is 18.2 Å². The monoisotopic (exact) mass is 282 g/mol. The van der Waals surface area contributed by atoms with Crippen molar-refractivity contribution in [3.63, 3.8) is 0 Å². The summed E-state index contributed by atoms with van der Waals surface area (Å²) in [6.07, 6.45) is 3.85. The normalized spacial score (nSPS) is 11.7. The Morgan fingerprint density at radius 1 is 1.35 bits per heavy atom. The lowest BCUT2D eigenvalue weighted by molar-refractivity contribution is -0.137. The van der Waals surface area contributed by atoms with Crippen LogP contribution in [0.2, 0.25) is 0 Å². The highest BCUT2D eigenvalue weighted by Gasteiger charge is 2.16. The number of nitrogens with one attached hydrogen (secondary N) is 2. The molecule has 1 unspecified atom stereocenters. The van der Waals surface area contributed by atoms with Crippen molar-refractivity contribution in [2.24, 2.45) is 0 Å². The molecule has 0 spiro atoms. The van der Waals surface area contributed by atoms with Gasteiger partial charge in [-0.1, -0.05) is 0 Å². The largest absolute Gasteiger partial charge is 0.481 e. The van der Waals surface area contributed by atoms with Gasteiger partial charge in [0.05, 0.1) is 11.8 Å². The van der Waals surface area contributed by atoms with Crippen molar-refractivity contribution in [2.45, 2.75) is 32.2 Å². The van der Waals surface area contributed by atoms with Crippen LogP contribution in [-0.4, -0.2) is 35.5 Å². The summed E-state index contributed by atoms with van der Waals surface area (Å²) >= 11 is 0. The van der Waals surface area contributed by atoms with Gasteiger partial charge in [-0.3, -0.25) is 14.4 Å². The van der Waals surface area contributed by atoms with Crippen molar-refractivity contribution in [1.29, 1.82) is 0 Å². The minimum atomic E-state index is -0.850. The molecule has 0 saturated heterocycles. The van der Waals surface area contributed by atoms with E-state index in [2.05, 4.69) is 10.6 Å². The van der Waals surface area contributed by atoms with E-state index in [1.807, 2.05) is 0 Å². The summed E-state index contributed by atoms with van der Waals surface area (Å²) in [5.41, 5.74) is 0.353. The Hall–Kier alpha value is -2.31. The molecule has 0 radical (unpaired) electrons. The second-order valence-corrected chi connectivity index (χ2v) is 4.35. The molecule has 0 aromatic carbocycles. The van der Waals surface area contributed by atoms with Crippen molar-refractivity contribution in [1.82, 2.24) is 10.6 Å². The van der Waals surface area contributed by atoms with Gasteiger partial charge in [-0.05, 0) is 25.8 Å². The van der Waals surface area contributed by atoms with Crippen molar-refractivity contribution in [3.8, 4) is 0 Å². The first-order chi connectivity index (χ1) is 9.50. The van der Waals surface area contributed by atoms with Gasteiger partial charge in [0.1, 0.15) is 12.3 Å². The summed E-state index contributed by atoms with van der Waals surface area (Å²) < 4.78 is 4.78. The number of hydrogen-bond donors (Lipinski definition) is 3. The van der Waals surface area contributed by atoms with Gasteiger partial charge < -0.3 is 20.2 Å². The zero-order chi connectivity index (χ0) is 15.0. The molecule has 0 aliphatic carbocycles. The number of furan rings is 1. The Morgan fingerprint density at radius 3 is 2.70 bits per heavy atom. The van der Waals surface area contributed by atoms with Crippen LogP contribution in [0.4, 0.5) is 0 Å². The minimum absolute atomic E-state index is 0.0860. The lowest BCUT2D eigenvalue weighted by atomic mass is 10.2. The molecule has 0 fully saturated rings. The van der Waals surface area contributed by atoms with Crippen LogP contribution in [0, 0.1) is 0 Å². The zero-order valence-corrected chi connectivity index (χ0v) is 11.2. The van der Waals surface area contributed by atoms with E-state index in [0.29, 0.717) is 24.9 Å². The number of carbonyl (C=O) groups is 3. The van der Waals surface area contributed by atoms with Crippen LogP contribution in [0.25, 0.3) is 0 Å². The smallest absolute Gasteiger partial charge is 0.303 e. The van der Waals surface area contributed by atoms with Gasteiger partial charge in [0.25, 0.3) is 5.91 Å². The Bertz CT molecular complexity index is 455. The van der Waals surface area contributed by atoms with Crippen LogP contribution in [0.15, 0.2) is 23.0 Å². The summed E-state index contributed by atoms with van der Waals surface area (Å²) in [6, 6.07) is 0.836. The molecule has 1 atom stereocenters. The fourth-order valence-electron chi connectivity index (χ4n) is 1.51. The molecule has 2 amide bonds. The third-order valence-corrected chi connectivity index (χ3v) is 2.64. The molecule has 3 N–H and O–H groups in total. The second-order valence-electron chi connectivity index (χ2n) is 4.35. The molecule has 0 saturated carbocycles. The molecule has 1 heterocycles. The summed E-state index contributed by atoms with van der Waals surface area (Å²) in [7, 11) is 0. The highest BCUT2D eigenvalue weighted by molar-refractivity contribution is 5.97. The lowest BCUT2D eigenvalue weighted by Gasteiger charge is -2.13. The molecule has 110 valence electrons. The van der Waals surface area contributed by atoms with Gasteiger partial charge in [-0.15, -0.1) is 0 Å². The molecular formula is C13H18N2O5. The molecule has 7 nitrogen and oxygen atoms in total. The predicted octanol–water partition coefficient (Wildman–Crippen LogP) is 0.769. The molecule has 1 aromatic heterocycles. The first-order valence-corrected chi connectivity index (χ1v) is 6.33. The molecule has 0 aliphatic heterocycles. The summed E-state index contributed by atoms with van der Waals surface area (Å²) in [5.74, 6) is -1.54. The maximum absolute atomic E-state index is 11.7. The maximum Gasteiger partial charge on any atom is 0.303 e. The third kappa shape index (κ3) is 5.55. The van der Waals surface area contributed by atoms with Crippen LogP contribution >= 0.6 is 0 Å². The standard InChI is InChI=1S/C13H18N2O5/c1-9(15-13(19)10-5-7-20-8-10)12(18)14-6-3-2-4-11(16)17/h5,7-9H,2-4,6H2,1H3,(H,14,18)(H,15,19)(H,16,17). The fourth-order valence-corrected chi connectivity index (χ4v) is 1.51. The zero-order valence-electron chi connectivity index (χ0n) is 11.2. The number of hydrogen-bond acceptors (Lipinski definition) is 4. The second kappa shape index (κ2) is 7.98. The Kier molecular flexibility index (Phi) is 6.28. The van der Waals surface area contributed by atoms with E-state index in [1.54, 1.807) is 6.92 Å². The number of carbonyl (C=O) groups excluding carboxylic acids is 2. The van der Waals surface area contributed by atoms with Crippen LogP contribution in [-0.2, 0) is 9.59 Å². The topological polar surface area (TPSA) is 109 Å². The first-order valence-electron chi connectivity index (χ1n) is 6.33. The van der Waals surface area contributed by atoms with Gasteiger partial charge >= 0.3 is 5.97 Å². The number of aliphatic carboxylic acids is 1. The number of carboxylic acid groups (broad SMARTS) is 1. The molecule has 1 rings (SSSR count). The minimum Gasteiger partial charge on any atom is -0.481 e. The lowest BCUT2D eigenvalue weighted by Crippen LogP contribution is -2.45. The molecular weight excluding hydrogens is 264 g/mol. The molecule has 0 aliphatic rings. The van der Waals surface area contributed by atoms with Crippen LogP contribution < -0.4 is 10.6 Å². The van der Waals surface area contributed by atoms with E-state index in [4.69, 9.17) is 9.52 Å². The van der Waals surface area contributed by atoms with E-state index in [1.165, 1.54) is 18.6 Å². The predicted molar refractivity (Wildman–Crippen MR) is 70.1 cm³/mol. The van der Waals surface area contributed by atoms with Gasteiger partial charge in [-0.25, -0.2) is 0 Å². The molecule has 0 bridgehead atoms. The SMILES string of the molecule is CC(NC(=O)c1ccoc1)C(=O)NCCCCC(=O)O. The number of rotatable bonds is 8. The number of amides is 2. The van der Waals surface area contributed by atoms with E-state index in [0.717, 1.165) is 0 Å². The molecule has 1 aromatic rings. The average molecular weight is 282 g/mol. The van der Waals surface area contributed by atoms with Gasteiger partial charge in [0.2, 0.25) is 5.91 Å². The Morgan fingerprint density at radius 2 is 2.10 bits per heavy atom. The van der Waals surface area contributed by atoms with Crippen molar-refractivity contribution in [2.75, 3.05) is 6.54 Å². The van der Waals surface area contributed by atoms with Gasteiger partial charge in [-0.2, -0.15) is 0 Å². The summed E-state index contributed by atoms with van der Waals surface area (Å²) in [5, 5.41) is 13.6. The number of unbranched alkanes of at least 4 members (excludes halogenated alkanes) is 1. The Labute approximate surface area is 116 Å². The van der Waals surface area contributed by atoms with E-state index < -0.39 is 12.0 Å². The fraction of sp³-hybridized carbons (Fsp3) is 0.462. The quantitative estimate of drug-likeness (QED) is 0.610. The summed E-state index contributed by atoms with van der Waals surface area (Å²) in [6.45, 7) is 1.96. The average Bonchev–Trinajstić information content (AvgIpc) is 2.91. The Balaban J connectivity index is 2.22. The van der Waals surface area contributed by atoms with Crippen LogP contribution in [0.3, 0.4) is 0 Å². The number of carboxylic acids is 1. The summed E-state index contributed by atoms with van der Waals surface area (Å²) in [4.78, 5) is 33.6. The van der Waals surface area contributed by atoms with Crippen molar-refractivity contribution < 1.29 is 23.9 Å². The highest BCUT2D eigenvalue weighted by Crippen LogP contribution is 2.00. The van der Waals surface area contributed by atoms with Crippen LogP contribution in [0.5, 0.6) is 0 Å². The van der Waals surface area contributed by atoms with Crippen LogP contribution in [0.1, 0.15) is 36.5 Å². The van der Waals surface area contributed by atoms with Crippen molar-refractivity contribution in [3.05, 3.63) is 24.2 Å². The van der Waals surface area contributed by atoms with E-state index >= 15 is 0 Å². The first kappa shape index (κ1) is 15.7. The van der Waals surface area contributed by atoms with E-state index in [9.17, 15) is 14.4 Å². The van der Waals surface area contributed by atoms with Gasteiger partial charge in [0.15, 0.2) is 0 Å². The maximum atomic E-state index is 11.7.